The number of aliphatic carboxylic acids is 1. The van der Waals surface area contributed by atoms with Crippen LogP contribution in [0.5, 0.6) is 0 Å². The molecule has 4 nitrogen and oxygen atoms in total. The number of hydrogen-bond donors (Lipinski definition) is 2. The van der Waals surface area contributed by atoms with Crippen molar-refractivity contribution in [2.75, 3.05) is 0 Å². The first-order valence-electron chi connectivity index (χ1n) is 8.73. The van der Waals surface area contributed by atoms with Crippen molar-refractivity contribution in [3.63, 3.8) is 0 Å². The van der Waals surface area contributed by atoms with Crippen molar-refractivity contribution in [1.82, 2.24) is 5.32 Å². The average Bonchev–Trinajstić information content (AvgIpc) is 3.04. The molecule has 0 saturated heterocycles. The van der Waals surface area contributed by atoms with E-state index in [0.717, 1.165) is 32.1 Å². The summed E-state index contributed by atoms with van der Waals surface area (Å²) < 4.78 is 0. The summed E-state index contributed by atoms with van der Waals surface area (Å²) in [5, 5.41) is 12.4. The Morgan fingerprint density at radius 1 is 0.957 bits per heavy atom. The Morgan fingerprint density at radius 2 is 1.65 bits per heavy atom. The summed E-state index contributed by atoms with van der Waals surface area (Å²) in [4.78, 5) is 23.8. The quantitative estimate of drug-likeness (QED) is 0.895. The van der Waals surface area contributed by atoms with E-state index in [-0.39, 0.29) is 23.8 Å². The summed E-state index contributed by atoms with van der Waals surface area (Å²) in [6.07, 6.45) is 6.10. The molecule has 2 aliphatic carbocycles. The minimum atomic E-state index is -0.759. The second-order valence-corrected chi connectivity index (χ2v) is 6.96. The third kappa shape index (κ3) is 3.74. The van der Waals surface area contributed by atoms with Gasteiger partial charge in [0, 0.05) is 17.9 Å². The fourth-order valence-corrected chi connectivity index (χ4v) is 4.18. The van der Waals surface area contributed by atoms with Crippen molar-refractivity contribution < 1.29 is 14.7 Å². The number of carboxylic acids is 1. The van der Waals surface area contributed by atoms with Crippen LogP contribution in [0.4, 0.5) is 0 Å². The molecular weight excluding hydrogens is 290 g/mol. The predicted octanol–water partition coefficient (Wildman–Crippen LogP) is 3.33. The van der Waals surface area contributed by atoms with E-state index < -0.39 is 5.97 Å². The molecule has 0 heterocycles. The highest BCUT2D eigenvalue weighted by molar-refractivity contribution is 5.80. The van der Waals surface area contributed by atoms with Gasteiger partial charge in [0.05, 0.1) is 5.92 Å². The van der Waals surface area contributed by atoms with E-state index in [1.54, 1.807) is 0 Å². The highest BCUT2D eigenvalue weighted by Gasteiger charge is 2.34. The van der Waals surface area contributed by atoms with Crippen LogP contribution in [0.2, 0.25) is 0 Å². The summed E-state index contributed by atoms with van der Waals surface area (Å²) >= 11 is 0. The molecule has 0 radical (unpaired) electrons. The Kier molecular flexibility index (Phi) is 4.99. The smallest absolute Gasteiger partial charge is 0.306 e. The number of hydrogen-bond acceptors (Lipinski definition) is 2. The molecule has 1 aromatic rings. The van der Waals surface area contributed by atoms with Gasteiger partial charge < -0.3 is 10.4 Å². The Bertz CT molecular complexity index is 557. The summed E-state index contributed by atoms with van der Waals surface area (Å²) in [5.41, 5.74) is 1.29. The molecule has 0 aromatic heterocycles. The van der Waals surface area contributed by atoms with Gasteiger partial charge in [-0.3, -0.25) is 9.59 Å². The highest BCUT2D eigenvalue weighted by Crippen LogP contribution is 2.35. The van der Waals surface area contributed by atoms with Crippen molar-refractivity contribution in [3.8, 4) is 0 Å². The first-order valence-corrected chi connectivity index (χ1v) is 8.73. The second kappa shape index (κ2) is 7.16. The minimum Gasteiger partial charge on any atom is -0.481 e. The van der Waals surface area contributed by atoms with Crippen molar-refractivity contribution in [2.24, 2.45) is 11.8 Å². The van der Waals surface area contributed by atoms with E-state index in [9.17, 15) is 14.7 Å². The molecule has 0 spiro atoms. The largest absolute Gasteiger partial charge is 0.481 e. The lowest BCUT2D eigenvalue weighted by atomic mass is 9.80. The van der Waals surface area contributed by atoms with Crippen LogP contribution in [0.3, 0.4) is 0 Å². The maximum atomic E-state index is 12.6. The first kappa shape index (κ1) is 16.0. The van der Waals surface area contributed by atoms with Crippen LogP contribution in [-0.4, -0.2) is 23.0 Å². The van der Waals surface area contributed by atoms with Gasteiger partial charge in [0.25, 0.3) is 0 Å². The molecule has 2 saturated carbocycles. The zero-order chi connectivity index (χ0) is 16.2. The molecule has 1 aromatic carbocycles. The molecule has 4 atom stereocenters. The summed E-state index contributed by atoms with van der Waals surface area (Å²) in [6.45, 7) is 0. The number of amides is 1. The Labute approximate surface area is 137 Å². The molecule has 124 valence electrons. The van der Waals surface area contributed by atoms with E-state index in [4.69, 9.17) is 0 Å². The Balaban J connectivity index is 1.62. The van der Waals surface area contributed by atoms with E-state index in [1.165, 1.54) is 5.56 Å². The second-order valence-electron chi connectivity index (χ2n) is 6.96. The monoisotopic (exact) mass is 315 g/mol. The predicted molar refractivity (Wildman–Crippen MR) is 88.0 cm³/mol. The van der Waals surface area contributed by atoms with Crippen LogP contribution in [0.1, 0.15) is 56.4 Å². The molecule has 3 rings (SSSR count). The first-order chi connectivity index (χ1) is 11.1. The third-order valence-electron chi connectivity index (χ3n) is 5.47. The lowest BCUT2D eigenvalue weighted by molar-refractivity contribution is -0.144. The summed E-state index contributed by atoms with van der Waals surface area (Å²) in [5.74, 6) is -0.803. The number of nitrogens with one attached hydrogen (secondary N) is 1. The van der Waals surface area contributed by atoms with Crippen LogP contribution in [0.25, 0.3) is 0 Å². The zero-order valence-corrected chi connectivity index (χ0v) is 13.4. The molecule has 2 fully saturated rings. The van der Waals surface area contributed by atoms with Gasteiger partial charge >= 0.3 is 5.97 Å². The number of rotatable bonds is 4. The number of benzene rings is 1. The number of carboxylic acid groups (broad SMARTS) is 1. The molecule has 1 amide bonds. The van der Waals surface area contributed by atoms with Gasteiger partial charge in [0.15, 0.2) is 0 Å². The molecule has 2 N–H and O–H groups in total. The van der Waals surface area contributed by atoms with Gasteiger partial charge in [-0.25, -0.2) is 0 Å². The summed E-state index contributed by atoms with van der Waals surface area (Å²) in [7, 11) is 0. The molecule has 2 unspecified atom stereocenters. The average molecular weight is 315 g/mol. The van der Waals surface area contributed by atoms with Crippen molar-refractivity contribution in [1.29, 1.82) is 0 Å². The van der Waals surface area contributed by atoms with Crippen LogP contribution < -0.4 is 5.32 Å². The highest BCUT2D eigenvalue weighted by atomic mass is 16.4. The molecule has 4 heteroatoms. The molecular formula is C19H25NO3. The fourth-order valence-electron chi connectivity index (χ4n) is 4.18. The van der Waals surface area contributed by atoms with Crippen LogP contribution in [0.15, 0.2) is 30.3 Å². The zero-order valence-electron chi connectivity index (χ0n) is 13.4. The van der Waals surface area contributed by atoms with Gasteiger partial charge in [-0.05, 0) is 37.7 Å². The standard InChI is InChI=1S/C19H25NO3/c21-18(14-8-4-9-15(12-14)19(22)23)20-17-11-5-10-16(17)13-6-2-1-3-7-13/h1-3,6-7,14-17H,4-5,8-12H2,(H,20,21)(H,22,23)/t14?,15?,16-,17+/m0/s1. The lowest BCUT2D eigenvalue weighted by Gasteiger charge is -2.28. The Morgan fingerprint density at radius 3 is 2.39 bits per heavy atom. The van der Waals surface area contributed by atoms with E-state index in [1.807, 2.05) is 18.2 Å². The fraction of sp³-hybridized carbons (Fsp3) is 0.579. The van der Waals surface area contributed by atoms with Gasteiger partial charge in [-0.1, -0.05) is 43.2 Å². The van der Waals surface area contributed by atoms with E-state index in [0.29, 0.717) is 18.8 Å². The van der Waals surface area contributed by atoms with Gasteiger partial charge in [-0.2, -0.15) is 0 Å². The van der Waals surface area contributed by atoms with Gasteiger partial charge in [-0.15, -0.1) is 0 Å². The normalized spacial score (nSPS) is 30.8. The van der Waals surface area contributed by atoms with Gasteiger partial charge in [0.2, 0.25) is 5.91 Å². The third-order valence-corrected chi connectivity index (χ3v) is 5.47. The summed E-state index contributed by atoms with van der Waals surface area (Å²) in [6, 6.07) is 10.6. The topological polar surface area (TPSA) is 66.4 Å². The van der Waals surface area contributed by atoms with E-state index >= 15 is 0 Å². The van der Waals surface area contributed by atoms with Crippen molar-refractivity contribution >= 4 is 11.9 Å². The minimum absolute atomic E-state index is 0.0591. The molecule has 0 bridgehead atoms. The molecule has 2 aliphatic rings. The van der Waals surface area contributed by atoms with Crippen LogP contribution in [0, 0.1) is 11.8 Å². The van der Waals surface area contributed by atoms with E-state index in [2.05, 4.69) is 17.4 Å². The van der Waals surface area contributed by atoms with Gasteiger partial charge in [0.1, 0.15) is 0 Å². The maximum Gasteiger partial charge on any atom is 0.306 e. The van der Waals surface area contributed by atoms with Crippen molar-refractivity contribution in [3.05, 3.63) is 35.9 Å². The SMILES string of the molecule is O=C(O)C1CCCC(C(=O)N[C@@H]2CCC[C@H]2c2ccccc2)C1. The maximum absolute atomic E-state index is 12.6. The van der Waals surface area contributed by atoms with Crippen LogP contribution >= 0.6 is 0 Å². The molecule has 0 aliphatic heterocycles. The lowest BCUT2D eigenvalue weighted by Crippen LogP contribution is -2.42. The van der Waals surface area contributed by atoms with Crippen molar-refractivity contribution in [2.45, 2.75) is 56.9 Å². The molecule has 23 heavy (non-hydrogen) atoms. The number of carbonyl (C=O) groups excluding carboxylic acids is 1. The Hall–Kier alpha value is -1.84. The number of carbonyl (C=O) groups is 2. The van der Waals surface area contributed by atoms with Crippen LogP contribution in [-0.2, 0) is 9.59 Å².